The Kier molecular flexibility index (Phi) is 3.74. The average molecular weight is 264 g/mol. The summed E-state index contributed by atoms with van der Waals surface area (Å²) in [6, 6.07) is 8.47. The van der Waals surface area contributed by atoms with E-state index in [0.717, 1.165) is 5.56 Å². The minimum atomic E-state index is -0.489. The van der Waals surface area contributed by atoms with E-state index in [-0.39, 0.29) is 10.7 Å². The zero-order valence-electron chi connectivity index (χ0n) is 9.34. The number of benzene rings is 1. The first-order chi connectivity index (χ1) is 8.68. The van der Waals surface area contributed by atoms with Gasteiger partial charge in [-0.25, -0.2) is 0 Å². The summed E-state index contributed by atoms with van der Waals surface area (Å²) in [6.45, 7) is 0.476. The zero-order chi connectivity index (χ0) is 13.0. The molecule has 6 heteroatoms. The summed E-state index contributed by atoms with van der Waals surface area (Å²) in [5.41, 5.74) is 1.29. The molecule has 1 heterocycles. The fourth-order valence-electron chi connectivity index (χ4n) is 1.54. The van der Waals surface area contributed by atoms with Gasteiger partial charge in [0.25, 0.3) is 0 Å². The van der Waals surface area contributed by atoms with E-state index in [1.165, 1.54) is 6.07 Å². The van der Waals surface area contributed by atoms with Crippen LogP contribution in [0.2, 0.25) is 5.02 Å². The van der Waals surface area contributed by atoms with Crippen LogP contribution in [0.1, 0.15) is 5.56 Å². The Labute approximate surface area is 109 Å². The maximum atomic E-state index is 10.9. The average Bonchev–Trinajstić information content (AvgIpc) is 2.37. The Morgan fingerprint density at radius 1 is 1.28 bits per heavy atom. The van der Waals surface area contributed by atoms with Crippen molar-refractivity contribution in [3.05, 3.63) is 63.4 Å². The van der Waals surface area contributed by atoms with Crippen molar-refractivity contribution in [2.75, 3.05) is 5.32 Å². The van der Waals surface area contributed by atoms with Gasteiger partial charge in [-0.3, -0.25) is 15.1 Å². The molecule has 0 spiro atoms. The molecule has 5 nitrogen and oxygen atoms in total. The Morgan fingerprint density at radius 2 is 2.00 bits per heavy atom. The second-order valence-electron chi connectivity index (χ2n) is 3.60. The van der Waals surface area contributed by atoms with Crippen LogP contribution in [0.5, 0.6) is 0 Å². The molecule has 0 amide bonds. The van der Waals surface area contributed by atoms with E-state index in [2.05, 4.69) is 10.3 Å². The monoisotopic (exact) mass is 263 g/mol. The SMILES string of the molecule is O=[N+]([O-])c1c(Cl)cccc1NCc1ccncc1. The second kappa shape index (κ2) is 5.46. The van der Waals surface area contributed by atoms with Gasteiger partial charge in [-0.1, -0.05) is 17.7 Å². The lowest BCUT2D eigenvalue weighted by Crippen LogP contribution is -2.03. The smallest absolute Gasteiger partial charge is 0.310 e. The Balaban J connectivity index is 2.20. The van der Waals surface area contributed by atoms with Crippen LogP contribution in [0.3, 0.4) is 0 Å². The van der Waals surface area contributed by atoms with Crippen LogP contribution in [-0.4, -0.2) is 9.91 Å². The van der Waals surface area contributed by atoms with Crippen LogP contribution in [0.15, 0.2) is 42.7 Å². The molecule has 0 saturated heterocycles. The van der Waals surface area contributed by atoms with E-state index in [4.69, 9.17) is 11.6 Å². The summed E-state index contributed by atoms with van der Waals surface area (Å²) in [6.07, 6.45) is 3.34. The highest BCUT2D eigenvalue weighted by Crippen LogP contribution is 2.32. The third-order valence-corrected chi connectivity index (χ3v) is 2.71. The molecule has 0 atom stereocenters. The third-order valence-electron chi connectivity index (χ3n) is 2.40. The van der Waals surface area contributed by atoms with Crippen molar-refractivity contribution < 1.29 is 4.92 Å². The number of rotatable bonds is 4. The third kappa shape index (κ3) is 2.75. The molecule has 1 aromatic heterocycles. The van der Waals surface area contributed by atoms with Gasteiger partial charge < -0.3 is 5.32 Å². The van der Waals surface area contributed by atoms with Crippen LogP contribution in [-0.2, 0) is 6.54 Å². The number of nitrogens with one attached hydrogen (secondary N) is 1. The number of pyridine rings is 1. The van der Waals surface area contributed by atoms with Crippen LogP contribution < -0.4 is 5.32 Å². The molecule has 1 N–H and O–H groups in total. The lowest BCUT2D eigenvalue weighted by Gasteiger charge is -2.07. The molecule has 92 valence electrons. The first-order valence-electron chi connectivity index (χ1n) is 5.24. The molecular weight excluding hydrogens is 254 g/mol. The number of nitrogens with zero attached hydrogens (tertiary/aromatic N) is 2. The van der Waals surface area contributed by atoms with Crippen LogP contribution in [0.4, 0.5) is 11.4 Å². The summed E-state index contributed by atoms with van der Waals surface area (Å²) in [7, 11) is 0. The summed E-state index contributed by atoms with van der Waals surface area (Å²) in [5, 5.41) is 14.0. The number of nitro groups is 1. The van der Waals surface area contributed by atoms with E-state index in [1.54, 1.807) is 24.5 Å². The summed E-state index contributed by atoms with van der Waals surface area (Å²) >= 11 is 5.81. The Bertz CT molecular complexity index is 561. The number of anilines is 1. The first kappa shape index (κ1) is 12.3. The molecule has 0 aliphatic heterocycles. The first-order valence-corrected chi connectivity index (χ1v) is 5.62. The molecule has 0 aliphatic rings. The highest BCUT2D eigenvalue weighted by Gasteiger charge is 2.17. The Hall–Kier alpha value is -2.14. The number of para-hydroxylation sites is 1. The lowest BCUT2D eigenvalue weighted by atomic mass is 10.2. The summed E-state index contributed by atoms with van der Waals surface area (Å²) in [4.78, 5) is 14.3. The molecule has 18 heavy (non-hydrogen) atoms. The highest BCUT2D eigenvalue weighted by atomic mass is 35.5. The van der Waals surface area contributed by atoms with Gasteiger partial charge in [0.1, 0.15) is 10.7 Å². The topological polar surface area (TPSA) is 68.1 Å². The molecule has 2 rings (SSSR count). The van der Waals surface area contributed by atoms with Crippen molar-refractivity contribution in [1.82, 2.24) is 4.98 Å². The van der Waals surface area contributed by atoms with Gasteiger partial charge in [-0.05, 0) is 29.8 Å². The maximum absolute atomic E-state index is 10.9. The zero-order valence-corrected chi connectivity index (χ0v) is 10.1. The minimum absolute atomic E-state index is 0.103. The van der Waals surface area contributed by atoms with E-state index in [0.29, 0.717) is 12.2 Å². The predicted octanol–water partition coefficient (Wildman–Crippen LogP) is 3.26. The largest absolute Gasteiger partial charge is 0.375 e. The molecule has 1 aromatic carbocycles. The molecule has 0 unspecified atom stereocenters. The number of hydrogen-bond acceptors (Lipinski definition) is 4. The van der Waals surface area contributed by atoms with Crippen molar-refractivity contribution in [2.45, 2.75) is 6.54 Å². The maximum Gasteiger partial charge on any atom is 0.310 e. The van der Waals surface area contributed by atoms with Crippen molar-refractivity contribution in [3.8, 4) is 0 Å². The molecule has 0 fully saturated rings. The standard InChI is InChI=1S/C12H10ClN3O2/c13-10-2-1-3-11(12(10)16(17)18)15-8-9-4-6-14-7-5-9/h1-7,15H,8H2. The molecule has 0 radical (unpaired) electrons. The highest BCUT2D eigenvalue weighted by molar-refractivity contribution is 6.33. The molecule has 0 bridgehead atoms. The van der Waals surface area contributed by atoms with Crippen molar-refractivity contribution in [1.29, 1.82) is 0 Å². The second-order valence-corrected chi connectivity index (χ2v) is 4.01. The number of nitro benzene ring substituents is 1. The van der Waals surface area contributed by atoms with E-state index < -0.39 is 4.92 Å². The molecule has 0 saturated carbocycles. The van der Waals surface area contributed by atoms with Crippen LogP contribution in [0.25, 0.3) is 0 Å². The molecular formula is C12H10ClN3O2. The minimum Gasteiger partial charge on any atom is -0.375 e. The van der Waals surface area contributed by atoms with Crippen molar-refractivity contribution in [2.24, 2.45) is 0 Å². The van der Waals surface area contributed by atoms with E-state index in [9.17, 15) is 10.1 Å². The van der Waals surface area contributed by atoms with Crippen LogP contribution >= 0.6 is 11.6 Å². The number of hydrogen-bond donors (Lipinski definition) is 1. The fraction of sp³-hybridized carbons (Fsp3) is 0.0833. The van der Waals surface area contributed by atoms with Gasteiger partial charge in [-0.2, -0.15) is 0 Å². The van der Waals surface area contributed by atoms with Gasteiger partial charge in [-0.15, -0.1) is 0 Å². The Morgan fingerprint density at radius 3 is 2.67 bits per heavy atom. The quantitative estimate of drug-likeness (QED) is 0.679. The van der Waals surface area contributed by atoms with Gasteiger partial charge in [0.05, 0.1) is 4.92 Å². The normalized spacial score (nSPS) is 10.1. The van der Waals surface area contributed by atoms with Crippen molar-refractivity contribution >= 4 is 23.0 Å². The molecule has 0 aliphatic carbocycles. The number of halogens is 1. The van der Waals surface area contributed by atoms with Gasteiger partial charge in [0, 0.05) is 18.9 Å². The van der Waals surface area contributed by atoms with Crippen LogP contribution in [0, 0.1) is 10.1 Å². The fourth-order valence-corrected chi connectivity index (χ4v) is 1.79. The summed E-state index contributed by atoms with van der Waals surface area (Å²) in [5.74, 6) is 0. The van der Waals surface area contributed by atoms with Gasteiger partial charge >= 0.3 is 5.69 Å². The summed E-state index contributed by atoms with van der Waals surface area (Å²) < 4.78 is 0. The van der Waals surface area contributed by atoms with E-state index in [1.807, 2.05) is 12.1 Å². The number of aromatic nitrogens is 1. The van der Waals surface area contributed by atoms with E-state index >= 15 is 0 Å². The lowest BCUT2D eigenvalue weighted by molar-refractivity contribution is -0.383. The van der Waals surface area contributed by atoms with Crippen molar-refractivity contribution in [3.63, 3.8) is 0 Å². The predicted molar refractivity (Wildman–Crippen MR) is 69.7 cm³/mol. The van der Waals surface area contributed by atoms with Gasteiger partial charge in [0.2, 0.25) is 0 Å². The van der Waals surface area contributed by atoms with Gasteiger partial charge in [0.15, 0.2) is 0 Å². The molecule has 2 aromatic rings.